The Kier molecular flexibility index (Phi) is 5.16. The molecule has 0 aliphatic carbocycles. The molecule has 4 nitrogen and oxygen atoms in total. The number of ether oxygens (including phenoxy) is 1. The number of aldehydes is 1. The van der Waals surface area contributed by atoms with E-state index < -0.39 is 23.1 Å². The lowest BCUT2D eigenvalue weighted by molar-refractivity contribution is -0.139. The van der Waals surface area contributed by atoms with Crippen LogP contribution in [0.2, 0.25) is 0 Å². The summed E-state index contributed by atoms with van der Waals surface area (Å²) in [6.07, 6.45) is -2.81. The monoisotopic (exact) mass is 399 g/mol. The van der Waals surface area contributed by atoms with Crippen LogP contribution in [0.4, 0.5) is 17.6 Å². The predicted molar refractivity (Wildman–Crippen MR) is 93.3 cm³/mol. The average molecular weight is 399 g/mol. The van der Waals surface area contributed by atoms with Gasteiger partial charge in [-0.15, -0.1) is 11.3 Å². The normalized spacial score (nSPS) is 11.9. The molecule has 2 heterocycles. The molecule has 142 valence electrons. The van der Waals surface area contributed by atoms with Gasteiger partial charge < -0.3 is 14.1 Å². The summed E-state index contributed by atoms with van der Waals surface area (Å²) in [5.41, 5.74) is -0.961. The standard InChI is InChI=1S/C18H13F4NO3S/c1-26-8-11-7-23(4-5-24)17(25)15-12(9-27-16(11)15)10-2-3-14(19)13(6-10)18(20,21)22/h2-3,5-7,9H,4,8H2,1H3. The molecule has 3 aromatic rings. The second-order valence-electron chi connectivity index (χ2n) is 5.76. The number of thiophene rings is 1. The van der Waals surface area contributed by atoms with Crippen LogP contribution in [0.3, 0.4) is 0 Å². The quantitative estimate of drug-likeness (QED) is 0.477. The van der Waals surface area contributed by atoms with Crippen molar-refractivity contribution >= 4 is 27.7 Å². The topological polar surface area (TPSA) is 48.3 Å². The van der Waals surface area contributed by atoms with Crippen molar-refractivity contribution in [3.05, 3.63) is 57.1 Å². The van der Waals surface area contributed by atoms with E-state index >= 15 is 0 Å². The number of carbonyl (C=O) groups is 1. The number of nitrogens with zero attached hydrogens (tertiary/aromatic N) is 1. The zero-order valence-corrected chi connectivity index (χ0v) is 14.8. The van der Waals surface area contributed by atoms with E-state index in [-0.39, 0.29) is 29.7 Å². The Bertz CT molecular complexity index is 1070. The molecule has 3 rings (SSSR count). The van der Waals surface area contributed by atoms with Crippen LogP contribution in [0.15, 0.2) is 34.6 Å². The van der Waals surface area contributed by atoms with E-state index in [1.54, 1.807) is 5.38 Å². The fourth-order valence-electron chi connectivity index (χ4n) is 2.85. The molecule has 0 atom stereocenters. The number of benzene rings is 1. The molecule has 9 heteroatoms. The zero-order chi connectivity index (χ0) is 19.8. The number of fused-ring (bicyclic) bond motifs is 1. The molecule has 0 saturated heterocycles. The largest absolute Gasteiger partial charge is 0.419 e. The van der Waals surface area contributed by atoms with Gasteiger partial charge in [-0.3, -0.25) is 4.79 Å². The smallest absolute Gasteiger partial charge is 0.380 e. The van der Waals surface area contributed by atoms with Gasteiger partial charge in [0.2, 0.25) is 0 Å². The summed E-state index contributed by atoms with van der Waals surface area (Å²) in [4.78, 5) is 23.6. The molecule has 0 saturated carbocycles. The molecule has 1 aromatic carbocycles. The molecule has 2 aromatic heterocycles. The zero-order valence-electron chi connectivity index (χ0n) is 14.0. The highest BCUT2D eigenvalue weighted by Gasteiger charge is 2.34. The molecule has 0 aliphatic rings. The minimum atomic E-state index is -4.86. The molecule has 0 aliphatic heterocycles. The second-order valence-corrected chi connectivity index (χ2v) is 6.64. The number of alkyl halides is 3. The van der Waals surface area contributed by atoms with Crippen LogP contribution in [-0.2, 0) is 28.9 Å². The van der Waals surface area contributed by atoms with Crippen LogP contribution in [0.1, 0.15) is 11.1 Å². The minimum Gasteiger partial charge on any atom is -0.380 e. The summed E-state index contributed by atoms with van der Waals surface area (Å²) >= 11 is 1.18. The lowest BCUT2D eigenvalue weighted by atomic mass is 10.0. The summed E-state index contributed by atoms with van der Waals surface area (Å²) in [6.45, 7) is -0.0369. The third-order valence-electron chi connectivity index (χ3n) is 4.02. The third-order valence-corrected chi connectivity index (χ3v) is 5.08. The molecule has 0 bridgehead atoms. The van der Waals surface area contributed by atoms with Gasteiger partial charge >= 0.3 is 6.18 Å². The molecule has 0 amide bonds. The van der Waals surface area contributed by atoms with E-state index in [1.807, 2.05) is 0 Å². The maximum atomic E-state index is 13.6. The maximum absolute atomic E-state index is 13.6. The van der Waals surface area contributed by atoms with Gasteiger partial charge in [-0.25, -0.2) is 4.39 Å². The van der Waals surface area contributed by atoms with Crippen LogP contribution in [0.25, 0.3) is 21.2 Å². The first-order valence-electron chi connectivity index (χ1n) is 7.71. The van der Waals surface area contributed by atoms with Gasteiger partial charge in [0.05, 0.1) is 24.1 Å². The second kappa shape index (κ2) is 7.24. The summed E-state index contributed by atoms with van der Waals surface area (Å²) < 4.78 is 59.5. The summed E-state index contributed by atoms with van der Waals surface area (Å²) in [5.74, 6) is -1.38. The highest BCUT2D eigenvalue weighted by atomic mass is 32.1. The number of halogens is 4. The van der Waals surface area contributed by atoms with Gasteiger partial charge in [0, 0.05) is 34.5 Å². The van der Waals surface area contributed by atoms with Crippen molar-refractivity contribution in [2.75, 3.05) is 7.11 Å². The number of methoxy groups -OCH3 is 1. The molecule has 27 heavy (non-hydrogen) atoms. The molecular formula is C18H13F4NO3S. The van der Waals surface area contributed by atoms with Gasteiger partial charge in [0.1, 0.15) is 12.1 Å². The van der Waals surface area contributed by atoms with Gasteiger partial charge in [0.25, 0.3) is 5.56 Å². The van der Waals surface area contributed by atoms with Crippen LogP contribution in [0.5, 0.6) is 0 Å². The van der Waals surface area contributed by atoms with Gasteiger partial charge in [0.15, 0.2) is 0 Å². The number of carbonyl (C=O) groups excluding carboxylic acids is 1. The van der Waals surface area contributed by atoms with Crippen molar-refractivity contribution < 1.29 is 27.1 Å². The van der Waals surface area contributed by atoms with Gasteiger partial charge in [-0.1, -0.05) is 6.07 Å². The van der Waals surface area contributed by atoms with E-state index in [0.29, 0.717) is 22.6 Å². The lowest BCUT2D eigenvalue weighted by Gasteiger charge is -2.11. The van der Waals surface area contributed by atoms with Crippen molar-refractivity contribution in [3.63, 3.8) is 0 Å². The number of pyridine rings is 1. The SMILES string of the molecule is COCc1cn(CC=O)c(=O)c2c(-c3ccc(F)c(C(F)(F)F)c3)csc12. The Labute approximate surface area is 154 Å². The van der Waals surface area contributed by atoms with Crippen molar-refractivity contribution in [1.29, 1.82) is 0 Å². The molecule has 0 fully saturated rings. The minimum absolute atomic E-state index is 0.0688. The number of hydrogen-bond acceptors (Lipinski definition) is 4. The van der Waals surface area contributed by atoms with Crippen molar-refractivity contribution in [2.45, 2.75) is 19.3 Å². The van der Waals surface area contributed by atoms with Crippen molar-refractivity contribution in [2.24, 2.45) is 0 Å². The first-order valence-corrected chi connectivity index (χ1v) is 8.59. The van der Waals surface area contributed by atoms with Gasteiger partial charge in [-0.2, -0.15) is 13.2 Å². The molecular weight excluding hydrogens is 386 g/mol. The Morgan fingerprint density at radius 2 is 2.04 bits per heavy atom. The lowest BCUT2D eigenvalue weighted by Crippen LogP contribution is -2.21. The van der Waals surface area contributed by atoms with Crippen LogP contribution < -0.4 is 5.56 Å². The highest BCUT2D eigenvalue weighted by Crippen LogP contribution is 2.38. The van der Waals surface area contributed by atoms with E-state index in [2.05, 4.69) is 0 Å². The highest BCUT2D eigenvalue weighted by molar-refractivity contribution is 7.18. The number of aromatic nitrogens is 1. The first kappa shape index (κ1) is 19.2. The number of rotatable bonds is 5. The summed E-state index contributed by atoms with van der Waals surface area (Å²) in [6, 6.07) is 2.60. The Hall–Kier alpha value is -2.52. The average Bonchev–Trinajstić information content (AvgIpc) is 3.04. The molecule has 0 N–H and O–H groups in total. The van der Waals surface area contributed by atoms with E-state index in [4.69, 9.17) is 4.74 Å². The van der Waals surface area contributed by atoms with E-state index in [1.165, 1.54) is 35.3 Å². The molecule has 0 unspecified atom stereocenters. The van der Waals surface area contributed by atoms with Crippen molar-refractivity contribution in [3.8, 4) is 11.1 Å². The number of hydrogen-bond donors (Lipinski definition) is 0. The van der Waals surface area contributed by atoms with E-state index in [9.17, 15) is 27.2 Å². The Balaban J connectivity index is 2.30. The Morgan fingerprint density at radius 3 is 2.67 bits per heavy atom. The fraction of sp³-hybridized carbons (Fsp3) is 0.222. The van der Waals surface area contributed by atoms with Gasteiger partial charge in [-0.05, 0) is 17.7 Å². The molecule has 0 radical (unpaired) electrons. The van der Waals surface area contributed by atoms with Crippen LogP contribution >= 0.6 is 11.3 Å². The Morgan fingerprint density at radius 1 is 1.30 bits per heavy atom. The van der Waals surface area contributed by atoms with Crippen LogP contribution in [0, 0.1) is 5.82 Å². The first-order chi connectivity index (χ1) is 12.8. The fourth-order valence-corrected chi connectivity index (χ4v) is 3.92. The van der Waals surface area contributed by atoms with E-state index in [0.717, 1.165) is 6.07 Å². The van der Waals surface area contributed by atoms with Crippen molar-refractivity contribution in [1.82, 2.24) is 4.57 Å². The third kappa shape index (κ3) is 3.52. The maximum Gasteiger partial charge on any atom is 0.419 e. The summed E-state index contributed by atoms with van der Waals surface area (Å²) in [7, 11) is 1.46. The van der Waals surface area contributed by atoms with Crippen LogP contribution in [-0.4, -0.2) is 18.0 Å². The molecule has 0 spiro atoms. The predicted octanol–water partition coefficient (Wildman–Crippen LogP) is 4.23. The summed E-state index contributed by atoms with van der Waals surface area (Å²) in [5, 5.41) is 1.72.